The van der Waals surface area contributed by atoms with E-state index in [1.807, 2.05) is 6.92 Å². The van der Waals surface area contributed by atoms with Gasteiger partial charge >= 0.3 is 6.03 Å². The first-order valence-electron chi connectivity index (χ1n) is 10.3. The number of likely N-dealkylation sites (tertiary alicyclic amines) is 1. The van der Waals surface area contributed by atoms with Crippen LogP contribution in [0, 0.1) is 5.82 Å². The third-order valence-electron chi connectivity index (χ3n) is 6.11. The van der Waals surface area contributed by atoms with Crippen molar-refractivity contribution in [3.63, 3.8) is 0 Å². The number of rotatable bonds is 3. The van der Waals surface area contributed by atoms with Gasteiger partial charge in [-0.1, -0.05) is 11.6 Å². The van der Waals surface area contributed by atoms with Crippen LogP contribution in [0.2, 0.25) is 5.02 Å². The number of ether oxygens (including phenoxy) is 1. The molecule has 3 aliphatic heterocycles. The number of aliphatic imine (C=N–C) groups is 1. The van der Waals surface area contributed by atoms with E-state index >= 15 is 0 Å². The fourth-order valence-corrected chi connectivity index (χ4v) is 6.20. The maximum absolute atomic E-state index is 13.4. The van der Waals surface area contributed by atoms with E-state index in [2.05, 4.69) is 10.3 Å². The van der Waals surface area contributed by atoms with Crippen LogP contribution in [-0.2, 0) is 14.6 Å². The zero-order valence-corrected chi connectivity index (χ0v) is 18.8. The van der Waals surface area contributed by atoms with E-state index in [0.717, 1.165) is 12.8 Å². The highest BCUT2D eigenvalue weighted by Crippen LogP contribution is 2.32. The van der Waals surface area contributed by atoms with Gasteiger partial charge in [0.15, 0.2) is 9.84 Å². The van der Waals surface area contributed by atoms with Gasteiger partial charge in [0.05, 0.1) is 27.8 Å². The van der Waals surface area contributed by atoms with Crippen molar-refractivity contribution in [1.82, 2.24) is 4.90 Å². The Kier molecular flexibility index (Phi) is 6.37. The Hall–Kier alpha value is -1.97. The standard InChI is InChI=1S/C21H25ClFN3O4S/c1-13-2-3-15-8-14(20(10-24-15)31(28,29)17-6-7-30-12-17)11-26(13)21(27)25-16-4-5-19(23)18(22)9-16/h4-5,9-10,13,15,17H,2-3,6-8,11-12H2,1H3,(H,25,27). The third kappa shape index (κ3) is 4.63. The summed E-state index contributed by atoms with van der Waals surface area (Å²) >= 11 is 5.82. The van der Waals surface area contributed by atoms with Crippen LogP contribution in [0.15, 0.2) is 33.7 Å². The van der Waals surface area contributed by atoms with E-state index in [4.69, 9.17) is 16.3 Å². The first-order valence-corrected chi connectivity index (χ1v) is 12.3. The first kappa shape index (κ1) is 22.2. The molecule has 2 saturated heterocycles. The van der Waals surface area contributed by atoms with Gasteiger partial charge in [0.2, 0.25) is 0 Å². The fraction of sp³-hybridized carbons (Fsp3) is 0.524. The zero-order valence-electron chi connectivity index (χ0n) is 17.2. The van der Waals surface area contributed by atoms with Crippen LogP contribution in [0.3, 0.4) is 0 Å². The van der Waals surface area contributed by atoms with Crippen LogP contribution in [-0.4, -0.2) is 62.7 Å². The molecule has 3 aliphatic rings. The van der Waals surface area contributed by atoms with Crippen molar-refractivity contribution in [2.45, 2.75) is 49.9 Å². The second kappa shape index (κ2) is 8.88. The molecule has 3 atom stereocenters. The Balaban J connectivity index is 1.62. The number of nitrogens with one attached hydrogen (secondary N) is 1. The molecule has 0 aliphatic carbocycles. The van der Waals surface area contributed by atoms with Crippen molar-refractivity contribution in [2.24, 2.45) is 4.99 Å². The predicted octanol–water partition coefficient (Wildman–Crippen LogP) is 3.80. The minimum absolute atomic E-state index is 0.0253. The number of urea groups is 1. The molecule has 1 aromatic rings. The normalized spacial score (nSPS) is 26.5. The van der Waals surface area contributed by atoms with Crippen molar-refractivity contribution in [2.75, 3.05) is 25.1 Å². The zero-order chi connectivity index (χ0) is 22.2. The average molecular weight is 470 g/mol. The molecule has 0 radical (unpaired) electrons. The molecule has 2 fully saturated rings. The SMILES string of the molecule is CC1CCC2CC(=C(S(=O)(=O)C3CCOC3)C=N2)CN1C(=O)Nc1ccc(F)c(Cl)c1. The lowest BCUT2D eigenvalue weighted by molar-refractivity contribution is 0.188. The number of nitrogens with zero attached hydrogens (tertiary/aromatic N) is 2. The summed E-state index contributed by atoms with van der Waals surface area (Å²) in [4.78, 5) is 19.4. The number of hydrogen-bond donors (Lipinski definition) is 1. The van der Waals surface area contributed by atoms with Crippen molar-refractivity contribution in [3.8, 4) is 0 Å². The summed E-state index contributed by atoms with van der Waals surface area (Å²) in [7, 11) is -3.59. The number of dihydropyridines is 1. The molecule has 0 saturated carbocycles. The minimum atomic E-state index is -3.59. The number of carbonyl (C=O) groups excluding carboxylic acids is 1. The van der Waals surface area contributed by atoms with Crippen LogP contribution in [0.1, 0.15) is 32.6 Å². The highest BCUT2D eigenvalue weighted by atomic mass is 35.5. The number of anilines is 1. The number of hydrogen-bond acceptors (Lipinski definition) is 5. The largest absolute Gasteiger partial charge is 0.380 e. The molecule has 10 heteroatoms. The van der Waals surface area contributed by atoms with Crippen LogP contribution in [0.25, 0.3) is 0 Å². The van der Waals surface area contributed by atoms with Crippen LogP contribution in [0.5, 0.6) is 0 Å². The van der Waals surface area contributed by atoms with Crippen molar-refractivity contribution in [3.05, 3.63) is 39.5 Å². The van der Waals surface area contributed by atoms with E-state index in [1.165, 1.54) is 24.4 Å². The second-order valence-electron chi connectivity index (χ2n) is 8.25. The molecule has 2 amide bonds. The van der Waals surface area contributed by atoms with Gasteiger partial charge in [0, 0.05) is 31.1 Å². The Morgan fingerprint density at radius 2 is 2.13 bits per heavy atom. The van der Waals surface area contributed by atoms with E-state index < -0.39 is 20.9 Å². The molecule has 0 aromatic heterocycles. The summed E-state index contributed by atoms with van der Waals surface area (Å²) in [6.45, 7) is 2.73. The van der Waals surface area contributed by atoms with Crippen molar-refractivity contribution < 1.29 is 22.3 Å². The topological polar surface area (TPSA) is 88.1 Å². The van der Waals surface area contributed by atoms with Crippen LogP contribution >= 0.6 is 11.6 Å². The van der Waals surface area contributed by atoms with Gasteiger partial charge in [-0.3, -0.25) is 4.99 Å². The van der Waals surface area contributed by atoms with Crippen LogP contribution < -0.4 is 5.32 Å². The molecular formula is C21H25ClFN3O4S. The Morgan fingerprint density at radius 3 is 2.84 bits per heavy atom. The molecular weight excluding hydrogens is 445 g/mol. The maximum Gasteiger partial charge on any atom is 0.322 e. The third-order valence-corrected chi connectivity index (χ3v) is 8.66. The van der Waals surface area contributed by atoms with Gasteiger partial charge in [-0.15, -0.1) is 0 Å². The number of benzene rings is 1. The van der Waals surface area contributed by atoms with Gasteiger partial charge in [-0.25, -0.2) is 17.6 Å². The molecule has 7 nitrogen and oxygen atoms in total. The Morgan fingerprint density at radius 1 is 1.32 bits per heavy atom. The molecule has 3 heterocycles. The van der Waals surface area contributed by atoms with E-state index in [-0.39, 0.29) is 41.2 Å². The average Bonchev–Trinajstić information content (AvgIpc) is 3.28. The lowest BCUT2D eigenvalue weighted by atomic mass is 9.94. The smallest absolute Gasteiger partial charge is 0.322 e. The summed E-state index contributed by atoms with van der Waals surface area (Å²) in [6, 6.07) is 3.49. The molecule has 31 heavy (non-hydrogen) atoms. The van der Waals surface area contributed by atoms with Gasteiger partial charge in [-0.05, 0) is 56.4 Å². The highest BCUT2D eigenvalue weighted by molar-refractivity contribution is 7.96. The quantitative estimate of drug-likeness (QED) is 0.729. The summed E-state index contributed by atoms with van der Waals surface area (Å²) in [5.41, 5.74) is 1.07. The summed E-state index contributed by atoms with van der Waals surface area (Å²) in [5, 5.41) is 2.09. The fourth-order valence-electron chi connectivity index (χ4n) is 4.23. The number of amides is 2. The number of sulfone groups is 1. The highest BCUT2D eigenvalue weighted by Gasteiger charge is 2.37. The van der Waals surface area contributed by atoms with Gasteiger partial charge < -0.3 is 15.0 Å². The first-order chi connectivity index (χ1) is 14.8. The second-order valence-corrected chi connectivity index (χ2v) is 10.9. The Bertz CT molecular complexity index is 1040. The van der Waals surface area contributed by atoms with Crippen molar-refractivity contribution in [1.29, 1.82) is 0 Å². The monoisotopic (exact) mass is 469 g/mol. The molecule has 4 rings (SSSR count). The maximum atomic E-state index is 13.4. The minimum Gasteiger partial charge on any atom is -0.380 e. The van der Waals surface area contributed by atoms with Gasteiger partial charge in [0.1, 0.15) is 5.82 Å². The predicted molar refractivity (Wildman–Crippen MR) is 118 cm³/mol. The molecule has 168 valence electrons. The summed E-state index contributed by atoms with van der Waals surface area (Å²) in [5.74, 6) is -0.567. The van der Waals surface area contributed by atoms with E-state index in [9.17, 15) is 17.6 Å². The summed E-state index contributed by atoms with van der Waals surface area (Å²) in [6.07, 6.45) is 3.95. The molecule has 2 bridgehead atoms. The van der Waals surface area contributed by atoms with E-state index in [0.29, 0.717) is 30.7 Å². The molecule has 3 unspecified atom stereocenters. The summed E-state index contributed by atoms with van der Waals surface area (Å²) < 4.78 is 45.1. The number of fused-ring (bicyclic) bond motifs is 2. The van der Waals surface area contributed by atoms with Gasteiger partial charge in [-0.2, -0.15) is 0 Å². The molecule has 0 spiro atoms. The number of allylic oxidation sites excluding steroid dienone is 1. The number of halogens is 2. The lowest BCUT2D eigenvalue weighted by Crippen LogP contribution is -2.45. The van der Waals surface area contributed by atoms with E-state index in [1.54, 1.807) is 4.90 Å². The molecule has 1 aromatic carbocycles. The Labute approximate surface area is 186 Å². The lowest BCUT2D eigenvalue weighted by Gasteiger charge is -2.36. The van der Waals surface area contributed by atoms with Crippen LogP contribution in [0.4, 0.5) is 14.9 Å². The number of carbonyl (C=O) groups is 1. The van der Waals surface area contributed by atoms with Gasteiger partial charge in [0.25, 0.3) is 0 Å². The van der Waals surface area contributed by atoms with Crippen molar-refractivity contribution >= 4 is 39.4 Å². The molecule has 1 N–H and O–H groups in total.